The molecule has 1 radical (unpaired) electrons. The van der Waals surface area contributed by atoms with Gasteiger partial charge in [0.05, 0.1) is 0 Å². The molecule has 2 aliphatic rings. The standard InChI is InChI=1S/C15H20NO2/c1-12-5-4-8-16(9-12)10-13-11-17-14-6-2-3-7-15(14)18-13/h2-3,6-7,13H,4-5,8-11H2,1H3/t13-/m0/s1. The molecular formula is C15H20NO2. The number of fused-ring (bicyclic) bond motifs is 1. The Labute approximate surface area is 109 Å². The highest BCUT2D eigenvalue weighted by Gasteiger charge is 2.25. The molecule has 2 aliphatic heterocycles. The SMILES string of the molecule is C[C]1CCCN(C[C@H]2COc3ccccc3O2)C1. The second kappa shape index (κ2) is 5.19. The van der Waals surface area contributed by atoms with Crippen molar-refractivity contribution >= 4 is 0 Å². The van der Waals surface area contributed by atoms with Crippen LogP contribution in [0.3, 0.4) is 0 Å². The second-order valence-corrected chi connectivity index (χ2v) is 5.29. The Morgan fingerprint density at radius 2 is 2.11 bits per heavy atom. The van der Waals surface area contributed by atoms with Gasteiger partial charge in [0.15, 0.2) is 11.5 Å². The van der Waals surface area contributed by atoms with Gasteiger partial charge in [0.2, 0.25) is 0 Å². The second-order valence-electron chi connectivity index (χ2n) is 5.29. The first kappa shape index (κ1) is 11.8. The summed E-state index contributed by atoms with van der Waals surface area (Å²) in [5, 5.41) is 0. The molecule has 1 saturated heterocycles. The van der Waals surface area contributed by atoms with Crippen LogP contribution in [0.5, 0.6) is 11.5 Å². The minimum Gasteiger partial charge on any atom is -0.486 e. The molecular weight excluding hydrogens is 226 g/mol. The van der Waals surface area contributed by atoms with Gasteiger partial charge in [-0.05, 0) is 37.4 Å². The van der Waals surface area contributed by atoms with Gasteiger partial charge in [-0.1, -0.05) is 19.1 Å². The fourth-order valence-electron chi connectivity index (χ4n) is 2.74. The summed E-state index contributed by atoms with van der Waals surface area (Å²) in [6.45, 7) is 6.16. The van der Waals surface area contributed by atoms with E-state index in [1.165, 1.54) is 19.4 Å². The van der Waals surface area contributed by atoms with Crippen LogP contribution in [0.15, 0.2) is 24.3 Å². The number of piperidine rings is 1. The Hall–Kier alpha value is -1.22. The number of benzene rings is 1. The monoisotopic (exact) mass is 246 g/mol. The van der Waals surface area contributed by atoms with Crippen molar-refractivity contribution in [2.75, 3.05) is 26.2 Å². The summed E-state index contributed by atoms with van der Waals surface area (Å²) >= 11 is 0. The van der Waals surface area contributed by atoms with Crippen molar-refractivity contribution in [1.82, 2.24) is 4.90 Å². The highest BCUT2D eigenvalue weighted by Crippen LogP contribution is 2.31. The highest BCUT2D eigenvalue weighted by molar-refractivity contribution is 5.40. The van der Waals surface area contributed by atoms with E-state index in [9.17, 15) is 0 Å². The maximum Gasteiger partial charge on any atom is 0.161 e. The average molecular weight is 246 g/mol. The molecule has 0 saturated carbocycles. The van der Waals surface area contributed by atoms with E-state index in [4.69, 9.17) is 9.47 Å². The summed E-state index contributed by atoms with van der Waals surface area (Å²) in [6.07, 6.45) is 2.71. The average Bonchev–Trinajstić information content (AvgIpc) is 2.39. The van der Waals surface area contributed by atoms with Crippen LogP contribution >= 0.6 is 0 Å². The Kier molecular flexibility index (Phi) is 3.41. The van der Waals surface area contributed by atoms with Crippen molar-refractivity contribution in [3.63, 3.8) is 0 Å². The van der Waals surface area contributed by atoms with Crippen molar-refractivity contribution in [2.45, 2.75) is 25.9 Å². The lowest BCUT2D eigenvalue weighted by atomic mass is 10.00. The Morgan fingerprint density at radius 3 is 2.94 bits per heavy atom. The van der Waals surface area contributed by atoms with Crippen LogP contribution in [-0.4, -0.2) is 37.2 Å². The number of hydrogen-bond donors (Lipinski definition) is 0. The third-order valence-corrected chi connectivity index (χ3v) is 3.60. The van der Waals surface area contributed by atoms with E-state index >= 15 is 0 Å². The molecule has 1 atom stereocenters. The number of rotatable bonds is 2. The lowest BCUT2D eigenvalue weighted by molar-refractivity contribution is 0.0558. The van der Waals surface area contributed by atoms with E-state index in [0.717, 1.165) is 24.6 Å². The van der Waals surface area contributed by atoms with Crippen molar-refractivity contribution < 1.29 is 9.47 Å². The van der Waals surface area contributed by atoms with Gasteiger partial charge in [0.1, 0.15) is 12.7 Å². The van der Waals surface area contributed by atoms with Gasteiger partial charge >= 0.3 is 0 Å². The molecule has 3 heteroatoms. The van der Waals surface area contributed by atoms with E-state index in [1.807, 2.05) is 24.3 Å². The molecule has 1 fully saturated rings. The molecule has 1 aromatic rings. The first-order valence-electron chi connectivity index (χ1n) is 6.73. The Balaban J connectivity index is 1.59. The van der Waals surface area contributed by atoms with Crippen molar-refractivity contribution in [3.05, 3.63) is 30.2 Å². The zero-order chi connectivity index (χ0) is 12.4. The van der Waals surface area contributed by atoms with Crippen LogP contribution in [0.4, 0.5) is 0 Å². The first-order valence-corrected chi connectivity index (χ1v) is 6.73. The van der Waals surface area contributed by atoms with Crippen LogP contribution in [0, 0.1) is 5.92 Å². The fourth-order valence-corrected chi connectivity index (χ4v) is 2.74. The van der Waals surface area contributed by atoms with Gasteiger partial charge in [-0.3, -0.25) is 4.90 Å². The minimum atomic E-state index is 0.158. The van der Waals surface area contributed by atoms with Crippen LogP contribution < -0.4 is 9.47 Å². The van der Waals surface area contributed by atoms with Crippen molar-refractivity contribution in [3.8, 4) is 11.5 Å². The fraction of sp³-hybridized carbons (Fsp3) is 0.533. The molecule has 2 heterocycles. The van der Waals surface area contributed by atoms with Gasteiger partial charge in [-0.2, -0.15) is 0 Å². The zero-order valence-electron chi connectivity index (χ0n) is 10.9. The molecule has 0 unspecified atom stereocenters. The van der Waals surface area contributed by atoms with Gasteiger partial charge in [-0.25, -0.2) is 0 Å². The summed E-state index contributed by atoms with van der Waals surface area (Å²) in [6, 6.07) is 7.91. The van der Waals surface area contributed by atoms with E-state index in [1.54, 1.807) is 5.92 Å². The first-order chi connectivity index (χ1) is 8.81. The van der Waals surface area contributed by atoms with E-state index in [0.29, 0.717) is 6.61 Å². The van der Waals surface area contributed by atoms with Gasteiger partial charge in [-0.15, -0.1) is 0 Å². The lowest BCUT2D eigenvalue weighted by Crippen LogP contribution is -2.44. The largest absolute Gasteiger partial charge is 0.486 e. The summed E-state index contributed by atoms with van der Waals surface area (Å²) in [7, 11) is 0. The van der Waals surface area contributed by atoms with Crippen molar-refractivity contribution in [1.29, 1.82) is 0 Å². The molecule has 0 bridgehead atoms. The summed E-state index contributed by atoms with van der Waals surface area (Å²) < 4.78 is 11.7. The smallest absolute Gasteiger partial charge is 0.161 e. The maximum atomic E-state index is 5.99. The number of hydrogen-bond acceptors (Lipinski definition) is 3. The lowest BCUT2D eigenvalue weighted by Gasteiger charge is -2.35. The predicted molar refractivity (Wildman–Crippen MR) is 70.9 cm³/mol. The van der Waals surface area contributed by atoms with Crippen LogP contribution in [0.2, 0.25) is 0 Å². The Bertz CT molecular complexity index is 407. The molecule has 18 heavy (non-hydrogen) atoms. The maximum absolute atomic E-state index is 5.99. The molecule has 3 nitrogen and oxygen atoms in total. The van der Waals surface area contributed by atoms with Crippen LogP contribution in [0.1, 0.15) is 19.8 Å². The van der Waals surface area contributed by atoms with Crippen LogP contribution in [-0.2, 0) is 0 Å². The number of likely N-dealkylation sites (tertiary alicyclic amines) is 1. The van der Waals surface area contributed by atoms with Crippen molar-refractivity contribution in [2.24, 2.45) is 0 Å². The number of nitrogens with zero attached hydrogens (tertiary/aromatic N) is 1. The molecule has 0 N–H and O–H groups in total. The van der Waals surface area contributed by atoms with Gasteiger partial charge < -0.3 is 9.47 Å². The minimum absolute atomic E-state index is 0.158. The third-order valence-electron chi connectivity index (χ3n) is 3.60. The highest BCUT2D eigenvalue weighted by atomic mass is 16.6. The quantitative estimate of drug-likeness (QED) is 0.800. The summed E-state index contributed by atoms with van der Waals surface area (Å²) in [4.78, 5) is 2.47. The molecule has 0 spiro atoms. The predicted octanol–water partition coefficient (Wildman–Crippen LogP) is 2.52. The topological polar surface area (TPSA) is 21.7 Å². The van der Waals surface area contributed by atoms with Gasteiger partial charge in [0, 0.05) is 13.1 Å². The van der Waals surface area contributed by atoms with Crippen LogP contribution in [0.25, 0.3) is 0 Å². The molecule has 0 amide bonds. The molecule has 3 rings (SSSR count). The number of ether oxygens (including phenoxy) is 2. The van der Waals surface area contributed by atoms with E-state index < -0.39 is 0 Å². The third kappa shape index (κ3) is 2.61. The zero-order valence-corrected chi connectivity index (χ0v) is 10.9. The molecule has 0 aliphatic carbocycles. The normalized spacial score (nSPS) is 25.1. The molecule has 97 valence electrons. The van der Waals surface area contributed by atoms with E-state index in [-0.39, 0.29) is 6.10 Å². The Morgan fingerprint density at radius 1 is 1.28 bits per heavy atom. The number of para-hydroxylation sites is 2. The summed E-state index contributed by atoms with van der Waals surface area (Å²) in [5.74, 6) is 3.33. The van der Waals surface area contributed by atoms with E-state index in [2.05, 4.69) is 11.8 Å². The molecule has 0 aromatic heterocycles. The van der Waals surface area contributed by atoms with Gasteiger partial charge in [0.25, 0.3) is 0 Å². The summed E-state index contributed by atoms with van der Waals surface area (Å²) in [5.41, 5.74) is 0. The molecule has 1 aromatic carbocycles.